The fraction of sp³-hybridized carbons (Fsp3) is 0.0833. The van der Waals surface area contributed by atoms with Gasteiger partial charge in [0.15, 0.2) is 0 Å². The number of aryl methyl sites for hydroxylation is 2. The number of nitrogens with zero attached hydrogens (tertiary/aromatic N) is 1. The van der Waals surface area contributed by atoms with Crippen LogP contribution in [0, 0.1) is 13.8 Å². The Kier molecular flexibility index (Phi) is 4.87. The monoisotopic (exact) mass is 414 g/mol. The minimum absolute atomic E-state index is 0.0430. The minimum Gasteiger partial charge on any atom is -0.478 e. The van der Waals surface area contributed by atoms with Gasteiger partial charge in [-0.2, -0.15) is 0 Å². The second-order valence-corrected chi connectivity index (χ2v) is 7.31. The summed E-state index contributed by atoms with van der Waals surface area (Å²) in [4.78, 5) is 50.1. The number of carboxylic acids is 1. The van der Waals surface area contributed by atoms with Crippen molar-refractivity contribution in [2.24, 2.45) is 0 Å². The average molecular weight is 414 g/mol. The molecule has 1 heterocycles. The number of carboxylic acid groups (broad SMARTS) is 1. The summed E-state index contributed by atoms with van der Waals surface area (Å²) in [6.07, 6.45) is 0. The van der Waals surface area contributed by atoms with Crippen molar-refractivity contribution >= 4 is 35.1 Å². The summed E-state index contributed by atoms with van der Waals surface area (Å²) < 4.78 is 0. The Morgan fingerprint density at radius 3 is 2.06 bits per heavy atom. The summed E-state index contributed by atoms with van der Waals surface area (Å²) in [5.41, 5.74) is 3.64. The van der Waals surface area contributed by atoms with Gasteiger partial charge in [0.25, 0.3) is 17.7 Å². The maximum absolute atomic E-state index is 12.7. The molecule has 154 valence electrons. The number of aromatic carboxylic acids is 1. The highest BCUT2D eigenvalue weighted by Crippen LogP contribution is 2.29. The van der Waals surface area contributed by atoms with Crippen molar-refractivity contribution in [2.75, 3.05) is 10.2 Å². The van der Waals surface area contributed by atoms with Gasteiger partial charge >= 0.3 is 5.97 Å². The second-order valence-electron chi connectivity index (χ2n) is 7.31. The number of hydrogen-bond acceptors (Lipinski definition) is 4. The smallest absolute Gasteiger partial charge is 0.335 e. The number of carbonyl (C=O) groups excluding carboxylic acids is 3. The number of anilines is 2. The normalized spacial score (nSPS) is 12.6. The van der Waals surface area contributed by atoms with Crippen molar-refractivity contribution in [3.63, 3.8) is 0 Å². The molecular formula is C24H18N2O5. The van der Waals surface area contributed by atoms with E-state index in [0.717, 1.165) is 16.0 Å². The number of hydrogen-bond donors (Lipinski definition) is 2. The number of carbonyl (C=O) groups is 4. The van der Waals surface area contributed by atoms with Crippen molar-refractivity contribution in [1.82, 2.24) is 0 Å². The Balaban J connectivity index is 1.56. The predicted molar refractivity (Wildman–Crippen MR) is 115 cm³/mol. The Morgan fingerprint density at radius 2 is 1.42 bits per heavy atom. The summed E-state index contributed by atoms with van der Waals surface area (Å²) in [5.74, 6) is -2.64. The lowest BCUT2D eigenvalue weighted by atomic mass is 10.1. The standard InChI is InChI=1S/C24H18N2O5/c1-13-3-7-17(11-14(13)2)25-21(27)15-4-8-18(9-5-15)26-22(28)19-10-6-16(24(30)31)12-20(19)23(26)29/h3-12H,1-2H3,(H,25,27)(H,30,31). The molecule has 3 aromatic rings. The molecule has 0 radical (unpaired) electrons. The minimum atomic E-state index is -1.18. The van der Waals surface area contributed by atoms with E-state index in [4.69, 9.17) is 5.11 Å². The zero-order chi connectivity index (χ0) is 22.3. The maximum Gasteiger partial charge on any atom is 0.335 e. The first-order valence-corrected chi connectivity index (χ1v) is 9.51. The third kappa shape index (κ3) is 3.57. The number of fused-ring (bicyclic) bond motifs is 1. The van der Waals surface area contributed by atoms with Crippen LogP contribution in [0.2, 0.25) is 0 Å². The van der Waals surface area contributed by atoms with E-state index in [2.05, 4.69) is 5.32 Å². The van der Waals surface area contributed by atoms with E-state index in [0.29, 0.717) is 16.9 Å². The largest absolute Gasteiger partial charge is 0.478 e. The quantitative estimate of drug-likeness (QED) is 0.627. The molecule has 1 aliphatic heterocycles. The summed E-state index contributed by atoms with van der Waals surface area (Å²) >= 11 is 0. The van der Waals surface area contributed by atoms with Crippen LogP contribution in [0.15, 0.2) is 60.7 Å². The zero-order valence-corrected chi connectivity index (χ0v) is 16.8. The first kappa shape index (κ1) is 20.0. The molecule has 0 fully saturated rings. The van der Waals surface area contributed by atoms with Gasteiger partial charge in [0.2, 0.25) is 0 Å². The highest BCUT2D eigenvalue weighted by Gasteiger charge is 2.37. The Morgan fingerprint density at radius 1 is 0.774 bits per heavy atom. The molecular weight excluding hydrogens is 396 g/mol. The molecule has 0 unspecified atom stereocenters. The fourth-order valence-electron chi connectivity index (χ4n) is 3.39. The van der Waals surface area contributed by atoms with Crippen LogP contribution in [0.1, 0.15) is 52.6 Å². The summed E-state index contributed by atoms with van der Waals surface area (Å²) in [7, 11) is 0. The van der Waals surface area contributed by atoms with Crippen LogP contribution in [0.4, 0.5) is 11.4 Å². The Labute approximate surface area is 177 Å². The molecule has 0 aliphatic carbocycles. The molecule has 0 spiro atoms. The van der Waals surface area contributed by atoms with Gasteiger partial charge in [-0.3, -0.25) is 14.4 Å². The summed E-state index contributed by atoms with van der Waals surface area (Å²) in [5, 5.41) is 11.9. The third-order valence-corrected chi connectivity index (χ3v) is 5.29. The van der Waals surface area contributed by atoms with Crippen LogP contribution in [0.25, 0.3) is 0 Å². The van der Waals surface area contributed by atoms with E-state index >= 15 is 0 Å². The van der Waals surface area contributed by atoms with Crippen molar-refractivity contribution in [1.29, 1.82) is 0 Å². The van der Waals surface area contributed by atoms with E-state index in [1.165, 1.54) is 42.5 Å². The van der Waals surface area contributed by atoms with Gasteiger partial charge in [-0.25, -0.2) is 9.69 Å². The van der Waals surface area contributed by atoms with Crippen molar-refractivity contribution in [3.05, 3.63) is 94.0 Å². The predicted octanol–water partition coefficient (Wildman–Crippen LogP) is 4.05. The highest BCUT2D eigenvalue weighted by atomic mass is 16.4. The molecule has 2 N–H and O–H groups in total. The lowest BCUT2D eigenvalue weighted by Crippen LogP contribution is -2.29. The molecule has 0 bridgehead atoms. The van der Waals surface area contributed by atoms with Gasteiger partial charge in [0, 0.05) is 11.3 Å². The van der Waals surface area contributed by atoms with Crippen LogP contribution in [0.5, 0.6) is 0 Å². The van der Waals surface area contributed by atoms with Gasteiger partial charge in [-0.15, -0.1) is 0 Å². The lowest BCUT2D eigenvalue weighted by Gasteiger charge is -2.14. The molecule has 7 heteroatoms. The van der Waals surface area contributed by atoms with Crippen LogP contribution < -0.4 is 10.2 Å². The van der Waals surface area contributed by atoms with E-state index < -0.39 is 17.8 Å². The molecule has 7 nitrogen and oxygen atoms in total. The van der Waals surface area contributed by atoms with Gasteiger partial charge in [-0.05, 0) is 79.6 Å². The lowest BCUT2D eigenvalue weighted by molar-refractivity contribution is 0.0696. The van der Waals surface area contributed by atoms with E-state index in [9.17, 15) is 19.2 Å². The number of rotatable bonds is 4. The molecule has 0 saturated carbocycles. The average Bonchev–Trinajstić information content (AvgIpc) is 3.00. The third-order valence-electron chi connectivity index (χ3n) is 5.29. The van der Waals surface area contributed by atoms with Crippen LogP contribution in [-0.4, -0.2) is 28.8 Å². The van der Waals surface area contributed by atoms with Crippen LogP contribution in [-0.2, 0) is 0 Å². The molecule has 31 heavy (non-hydrogen) atoms. The molecule has 3 aromatic carbocycles. The SMILES string of the molecule is Cc1ccc(NC(=O)c2ccc(N3C(=O)c4ccc(C(=O)O)cc4C3=O)cc2)cc1C. The molecule has 1 aliphatic rings. The Bertz CT molecular complexity index is 1260. The molecule has 3 amide bonds. The number of benzene rings is 3. The van der Waals surface area contributed by atoms with Crippen molar-refractivity contribution < 1.29 is 24.3 Å². The summed E-state index contributed by atoms with van der Waals surface area (Å²) in [6, 6.07) is 15.5. The topological polar surface area (TPSA) is 104 Å². The van der Waals surface area contributed by atoms with Crippen LogP contribution in [0.3, 0.4) is 0 Å². The number of nitrogens with one attached hydrogen (secondary N) is 1. The second kappa shape index (κ2) is 7.53. The van der Waals surface area contributed by atoms with Gasteiger partial charge in [0.1, 0.15) is 0 Å². The van der Waals surface area contributed by atoms with E-state index in [1.807, 2.05) is 32.0 Å². The van der Waals surface area contributed by atoms with Gasteiger partial charge in [-0.1, -0.05) is 6.07 Å². The number of imide groups is 1. The van der Waals surface area contributed by atoms with E-state index in [1.54, 1.807) is 0 Å². The molecule has 0 aromatic heterocycles. The zero-order valence-electron chi connectivity index (χ0n) is 16.8. The van der Waals surface area contributed by atoms with Crippen LogP contribution >= 0.6 is 0 Å². The van der Waals surface area contributed by atoms with Crippen molar-refractivity contribution in [2.45, 2.75) is 13.8 Å². The fourth-order valence-corrected chi connectivity index (χ4v) is 3.39. The first-order valence-electron chi connectivity index (χ1n) is 9.51. The number of amides is 3. The molecule has 4 rings (SSSR count). The van der Waals surface area contributed by atoms with Gasteiger partial charge < -0.3 is 10.4 Å². The Hall–Kier alpha value is -4.26. The van der Waals surface area contributed by atoms with E-state index in [-0.39, 0.29) is 22.6 Å². The highest BCUT2D eigenvalue weighted by molar-refractivity contribution is 6.34. The summed E-state index contributed by atoms with van der Waals surface area (Å²) in [6.45, 7) is 3.95. The molecule has 0 saturated heterocycles. The maximum atomic E-state index is 12.7. The first-order chi connectivity index (χ1) is 14.8. The van der Waals surface area contributed by atoms with Gasteiger partial charge in [0.05, 0.1) is 22.4 Å². The van der Waals surface area contributed by atoms with Crippen molar-refractivity contribution in [3.8, 4) is 0 Å². The molecule has 0 atom stereocenters.